The number of carbonyl (C=O) groups excluding carboxylic acids is 1. The lowest BCUT2D eigenvalue weighted by Gasteiger charge is -2.22. The molecule has 4 nitrogen and oxygen atoms in total. The molecule has 1 unspecified atom stereocenters. The minimum absolute atomic E-state index is 0.0302. The fourth-order valence-corrected chi connectivity index (χ4v) is 5.59. The lowest BCUT2D eigenvalue weighted by Crippen LogP contribution is -2.45. The van der Waals surface area contributed by atoms with Gasteiger partial charge in [0.1, 0.15) is 0 Å². The van der Waals surface area contributed by atoms with Crippen LogP contribution in [-0.2, 0) is 4.79 Å². The minimum Gasteiger partial charge on any atom is -0.394 e. The van der Waals surface area contributed by atoms with Crippen LogP contribution >= 0.6 is 0 Å². The van der Waals surface area contributed by atoms with Gasteiger partial charge in [-0.2, -0.15) is 0 Å². The van der Waals surface area contributed by atoms with Crippen LogP contribution in [-0.4, -0.2) is 34.9 Å². The lowest BCUT2D eigenvalue weighted by molar-refractivity contribution is -0.123. The summed E-state index contributed by atoms with van der Waals surface area (Å²) in [6.07, 6.45) is 35.8. The van der Waals surface area contributed by atoms with Crippen molar-refractivity contribution < 1.29 is 15.0 Å². The van der Waals surface area contributed by atoms with E-state index >= 15 is 0 Å². The smallest absolute Gasteiger partial charge is 0.220 e. The van der Waals surface area contributed by atoms with E-state index in [0.717, 1.165) is 25.7 Å². The summed E-state index contributed by atoms with van der Waals surface area (Å²) in [6.45, 7) is 4.35. The number of carbonyl (C=O) groups is 1. The summed E-state index contributed by atoms with van der Waals surface area (Å²) in [4.78, 5) is 12.3. The van der Waals surface area contributed by atoms with Crippen molar-refractivity contribution in [1.29, 1.82) is 0 Å². The Morgan fingerprint density at radius 1 is 0.513 bits per heavy atom. The Hall–Kier alpha value is -0.610. The maximum absolute atomic E-state index is 12.3. The van der Waals surface area contributed by atoms with Crippen molar-refractivity contribution in [2.75, 3.05) is 6.61 Å². The quantitative estimate of drug-likeness (QED) is 0.0726. The van der Waals surface area contributed by atoms with E-state index in [2.05, 4.69) is 19.2 Å². The molecule has 1 amide bonds. The van der Waals surface area contributed by atoms with Crippen LogP contribution in [0.5, 0.6) is 0 Å². The van der Waals surface area contributed by atoms with Crippen molar-refractivity contribution >= 4 is 5.91 Å². The van der Waals surface area contributed by atoms with Crippen LogP contribution in [0.4, 0.5) is 0 Å². The molecule has 0 aromatic carbocycles. The number of rotatable bonds is 32. The van der Waals surface area contributed by atoms with Crippen LogP contribution in [0.15, 0.2) is 0 Å². The van der Waals surface area contributed by atoms with Crippen molar-refractivity contribution in [3.05, 3.63) is 0 Å². The molecule has 0 aromatic heterocycles. The number of unbranched alkanes of at least 4 members (excludes halogenated alkanes) is 25. The maximum Gasteiger partial charge on any atom is 0.220 e. The summed E-state index contributed by atoms with van der Waals surface area (Å²) >= 11 is 0. The van der Waals surface area contributed by atoms with Gasteiger partial charge in [-0.1, -0.05) is 181 Å². The Morgan fingerprint density at radius 3 is 1.15 bits per heavy atom. The molecule has 0 bridgehead atoms. The molecule has 0 aromatic rings. The van der Waals surface area contributed by atoms with Crippen LogP contribution < -0.4 is 5.32 Å². The number of hydrogen-bond donors (Lipinski definition) is 3. The topological polar surface area (TPSA) is 69.6 Å². The average molecular weight is 554 g/mol. The molecule has 3 N–H and O–H groups in total. The van der Waals surface area contributed by atoms with E-state index in [0.29, 0.717) is 12.8 Å². The molecule has 0 spiro atoms. The first kappa shape index (κ1) is 38.4. The minimum atomic E-state index is -0.650. The van der Waals surface area contributed by atoms with Gasteiger partial charge < -0.3 is 15.5 Å². The maximum atomic E-state index is 12.3. The molecule has 2 atom stereocenters. The molecule has 39 heavy (non-hydrogen) atoms. The predicted molar refractivity (Wildman–Crippen MR) is 170 cm³/mol. The molecular formula is C35H71NO3. The zero-order valence-corrected chi connectivity index (χ0v) is 26.7. The Labute approximate surface area is 244 Å². The zero-order chi connectivity index (χ0) is 28.7. The Bertz CT molecular complexity index is 485. The second-order valence-electron chi connectivity index (χ2n) is 12.3. The summed E-state index contributed by atoms with van der Waals surface area (Å²) in [6, 6.07) is -0.526. The van der Waals surface area contributed by atoms with Crippen LogP contribution in [0, 0.1) is 0 Å². The average Bonchev–Trinajstić information content (AvgIpc) is 2.94. The number of amides is 1. The van der Waals surface area contributed by atoms with Crippen LogP contribution in [0.1, 0.15) is 200 Å². The monoisotopic (exact) mass is 554 g/mol. The van der Waals surface area contributed by atoms with Crippen molar-refractivity contribution in [3.63, 3.8) is 0 Å². The highest BCUT2D eigenvalue weighted by Crippen LogP contribution is 2.15. The molecule has 0 saturated heterocycles. The van der Waals surface area contributed by atoms with Gasteiger partial charge in [-0.25, -0.2) is 0 Å². The SMILES string of the molecule is CCCCCCCCCCCCCCCCC(=O)N[C@@H](CO)C(O)CCCCCCCCCCCCCCC. The van der Waals surface area contributed by atoms with E-state index in [1.807, 2.05) is 0 Å². The van der Waals surface area contributed by atoms with Crippen molar-refractivity contribution in [2.24, 2.45) is 0 Å². The first-order valence-corrected chi connectivity index (χ1v) is 17.7. The second-order valence-corrected chi connectivity index (χ2v) is 12.3. The van der Waals surface area contributed by atoms with Crippen LogP contribution in [0.25, 0.3) is 0 Å². The second kappa shape index (κ2) is 31.9. The molecule has 4 heteroatoms. The van der Waals surface area contributed by atoms with Crippen molar-refractivity contribution in [1.82, 2.24) is 5.32 Å². The van der Waals surface area contributed by atoms with E-state index in [-0.39, 0.29) is 12.5 Å². The van der Waals surface area contributed by atoms with Crippen LogP contribution in [0.3, 0.4) is 0 Å². The van der Waals surface area contributed by atoms with Gasteiger partial charge in [0.05, 0.1) is 18.8 Å². The van der Waals surface area contributed by atoms with Gasteiger partial charge in [0.15, 0.2) is 0 Å². The summed E-state index contributed by atoms with van der Waals surface area (Å²) in [7, 11) is 0. The summed E-state index contributed by atoms with van der Waals surface area (Å²) < 4.78 is 0. The molecule has 0 radical (unpaired) electrons. The third-order valence-electron chi connectivity index (χ3n) is 8.37. The third-order valence-corrected chi connectivity index (χ3v) is 8.37. The summed E-state index contributed by atoms with van der Waals surface area (Å²) in [5.74, 6) is -0.0302. The van der Waals surface area contributed by atoms with E-state index in [1.165, 1.54) is 148 Å². The largest absolute Gasteiger partial charge is 0.394 e. The molecule has 234 valence electrons. The van der Waals surface area contributed by atoms with E-state index in [4.69, 9.17) is 0 Å². The molecule has 0 aliphatic carbocycles. The molecule has 0 heterocycles. The Morgan fingerprint density at radius 2 is 0.821 bits per heavy atom. The molecule has 0 rings (SSSR count). The van der Waals surface area contributed by atoms with Gasteiger partial charge >= 0.3 is 0 Å². The highest BCUT2D eigenvalue weighted by atomic mass is 16.3. The molecule has 0 fully saturated rings. The fourth-order valence-electron chi connectivity index (χ4n) is 5.59. The first-order valence-electron chi connectivity index (χ1n) is 17.7. The first-order chi connectivity index (χ1) is 19.2. The molecule has 0 saturated carbocycles. The fraction of sp³-hybridized carbons (Fsp3) is 0.971. The van der Waals surface area contributed by atoms with Gasteiger partial charge in [-0.3, -0.25) is 4.79 Å². The highest BCUT2D eigenvalue weighted by Gasteiger charge is 2.19. The van der Waals surface area contributed by atoms with Crippen LogP contribution in [0.2, 0.25) is 0 Å². The number of aliphatic hydroxyl groups is 2. The van der Waals surface area contributed by atoms with E-state index < -0.39 is 12.1 Å². The van der Waals surface area contributed by atoms with Gasteiger partial charge in [0, 0.05) is 6.42 Å². The number of hydrogen-bond acceptors (Lipinski definition) is 3. The number of aliphatic hydroxyl groups excluding tert-OH is 2. The normalized spacial score (nSPS) is 13.0. The van der Waals surface area contributed by atoms with Gasteiger partial charge in [0.25, 0.3) is 0 Å². The lowest BCUT2D eigenvalue weighted by atomic mass is 10.0. The van der Waals surface area contributed by atoms with Gasteiger partial charge in [-0.15, -0.1) is 0 Å². The Kier molecular flexibility index (Phi) is 31.4. The molecule has 0 aliphatic rings. The van der Waals surface area contributed by atoms with Crippen molar-refractivity contribution in [3.8, 4) is 0 Å². The van der Waals surface area contributed by atoms with Gasteiger partial charge in [-0.05, 0) is 12.8 Å². The third kappa shape index (κ3) is 28.7. The molecular weight excluding hydrogens is 482 g/mol. The van der Waals surface area contributed by atoms with Gasteiger partial charge in [0.2, 0.25) is 5.91 Å². The summed E-state index contributed by atoms with van der Waals surface area (Å²) in [5.41, 5.74) is 0. The number of nitrogens with one attached hydrogen (secondary N) is 1. The zero-order valence-electron chi connectivity index (χ0n) is 26.7. The predicted octanol–water partition coefficient (Wildman–Crippen LogP) is 10.2. The highest BCUT2D eigenvalue weighted by molar-refractivity contribution is 5.76. The summed E-state index contributed by atoms with van der Waals surface area (Å²) in [5, 5.41) is 23.0. The standard InChI is InChI=1S/C35H71NO3/c1-3-5-7-9-11-13-15-17-19-21-23-25-27-29-31-35(39)36-33(32-37)34(38)30-28-26-24-22-20-18-16-14-12-10-8-6-4-2/h33-34,37-38H,3-32H2,1-2H3,(H,36,39)/t33-,34?/m0/s1. The van der Waals surface area contributed by atoms with E-state index in [1.54, 1.807) is 0 Å². The Balaban J connectivity index is 3.54. The molecule has 0 aliphatic heterocycles. The van der Waals surface area contributed by atoms with E-state index in [9.17, 15) is 15.0 Å². The van der Waals surface area contributed by atoms with Crippen molar-refractivity contribution in [2.45, 2.75) is 212 Å².